The van der Waals surface area contributed by atoms with Gasteiger partial charge in [-0.2, -0.15) is 0 Å². The summed E-state index contributed by atoms with van der Waals surface area (Å²) in [5, 5.41) is 3.78. The molecule has 1 amide bonds. The number of hydrogen-bond acceptors (Lipinski definition) is 9. The largest absolute Gasteiger partial charge is 0.356 e. The van der Waals surface area contributed by atoms with Gasteiger partial charge in [-0.05, 0) is 45.2 Å². The van der Waals surface area contributed by atoms with Crippen molar-refractivity contribution in [1.82, 2.24) is 29.8 Å². The topological polar surface area (TPSA) is 103 Å². The first-order valence-corrected chi connectivity index (χ1v) is 12.6. The first kappa shape index (κ1) is 24.5. The van der Waals surface area contributed by atoms with Gasteiger partial charge in [0.15, 0.2) is 0 Å². The fourth-order valence-corrected chi connectivity index (χ4v) is 4.36. The smallest absolute Gasteiger partial charge is 0.257 e. The molecule has 0 unspecified atom stereocenters. The van der Waals surface area contributed by atoms with E-state index in [-0.39, 0.29) is 5.91 Å². The van der Waals surface area contributed by atoms with Gasteiger partial charge in [0.05, 0.1) is 23.6 Å². The van der Waals surface area contributed by atoms with E-state index in [0.717, 1.165) is 56.3 Å². The van der Waals surface area contributed by atoms with Crippen molar-refractivity contribution in [3.63, 3.8) is 0 Å². The summed E-state index contributed by atoms with van der Waals surface area (Å²) in [7, 11) is 2.11. The van der Waals surface area contributed by atoms with Gasteiger partial charge in [-0.3, -0.25) is 9.78 Å². The van der Waals surface area contributed by atoms with E-state index in [9.17, 15) is 4.79 Å². The molecule has 1 aliphatic rings. The number of carbonyl (C=O) groups is 1. The molecule has 0 bridgehead atoms. The minimum absolute atomic E-state index is 0.237. The maximum absolute atomic E-state index is 13.0. The maximum atomic E-state index is 13.0. The van der Waals surface area contributed by atoms with Crippen LogP contribution in [0.3, 0.4) is 0 Å². The molecule has 0 spiro atoms. The summed E-state index contributed by atoms with van der Waals surface area (Å²) in [4.78, 5) is 42.5. The fraction of sp³-hybridized carbons (Fsp3) is 0.333. The number of rotatable bonds is 7. The molecule has 0 aromatic carbocycles. The number of likely N-dealkylation sites (N-methyl/N-ethyl adjacent to an activating group) is 1. The molecule has 1 fully saturated rings. The summed E-state index contributed by atoms with van der Waals surface area (Å²) >= 11 is 0. The maximum Gasteiger partial charge on any atom is 0.257 e. The molecule has 0 aliphatic carbocycles. The minimum atomic E-state index is -0.237. The van der Waals surface area contributed by atoms with Crippen LogP contribution >= 0.6 is 0 Å². The van der Waals surface area contributed by atoms with Gasteiger partial charge < -0.3 is 20.0 Å². The van der Waals surface area contributed by atoms with Gasteiger partial charge in [-0.25, -0.2) is 19.9 Å². The van der Waals surface area contributed by atoms with Gasteiger partial charge >= 0.3 is 0 Å². The second-order valence-electron chi connectivity index (χ2n) is 9.04. The molecule has 0 radical (unpaired) electrons. The molecule has 37 heavy (non-hydrogen) atoms. The van der Waals surface area contributed by atoms with Crippen molar-refractivity contribution in [1.29, 1.82) is 0 Å². The van der Waals surface area contributed by atoms with E-state index in [4.69, 9.17) is 9.97 Å². The Labute approximate surface area is 216 Å². The number of hydrogen-bond donors (Lipinski definition) is 1. The molecule has 190 valence electrons. The number of fused-ring (bicyclic) bond motifs is 1. The number of anilines is 3. The van der Waals surface area contributed by atoms with Crippen LogP contribution in [0.15, 0.2) is 55.1 Å². The highest BCUT2D eigenvalue weighted by molar-refractivity contribution is 6.04. The third kappa shape index (κ3) is 5.49. The molecular formula is C27H31N9O. The summed E-state index contributed by atoms with van der Waals surface area (Å²) in [5.41, 5.74) is 2.66. The average molecular weight is 498 g/mol. The van der Waals surface area contributed by atoms with Gasteiger partial charge in [-0.1, -0.05) is 0 Å². The molecule has 5 heterocycles. The van der Waals surface area contributed by atoms with Crippen LogP contribution in [-0.2, 0) is 0 Å². The predicted molar refractivity (Wildman–Crippen MR) is 146 cm³/mol. The first-order valence-electron chi connectivity index (χ1n) is 12.6. The zero-order chi connectivity index (χ0) is 25.8. The van der Waals surface area contributed by atoms with E-state index in [1.165, 1.54) is 0 Å². The van der Waals surface area contributed by atoms with Gasteiger partial charge in [0.25, 0.3) is 5.91 Å². The molecule has 1 aliphatic heterocycles. The summed E-state index contributed by atoms with van der Waals surface area (Å²) < 4.78 is 0. The number of carbonyl (C=O) groups excluding carboxylic acids is 1. The van der Waals surface area contributed by atoms with Crippen LogP contribution in [-0.4, -0.2) is 82.0 Å². The Kier molecular flexibility index (Phi) is 7.18. The molecule has 4 aromatic heterocycles. The van der Waals surface area contributed by atoms with E-state index in [2.05, 4.69) is 55.9 Å². The SMILES string of the molecule is CCN(CC)c1cncc(-c2ccc3cnc(NC(=O)c4ccnc(N5CCN(C)CC5)c4)cc3n2)n1. The Morgan fingerprint density at radius 1 is 0.946 bits per heavy atom. The number of pyridine rings is 3. The van der Waals surface area contributed by atoms with Crippen molar-refractivity contribution >= 4 is 34.3 Å². The molecular weight excluding hydrogens is 466 g/mol. The number of nitrogens with zero attached hydrogens (tertiary/aromatic N) is 8. The number of amides is 1. The summed E-state index contributed by atoms with van der Waals surface area (Å²) in [6, 6.07) is 9.19. The van der Waals surface area contributed by atoms with Gasteiger partial charge in [0, 0.05) is 68.7 Å². The van der Waals surface area contributed by atoms with E-state index < -0.39 is 0 Å². The fourth-order valence-electron chi connectivity index (χ4n) is 4.36. The second kappa shape index (κ2) is 10.8. The Hall–Kier alpha value is -4.18. The van der Waals surface area contributed by atoms with Gasteiger partial charge in [0.1, 0.15) is 23.1 Å². The van der Waals surface area contributed by atoms with Crippen LogP contribution < -0.4 is 15.1 Å². The second-order valence-corrected chi connectivity index (χ2v) is 9.04. The van der Waals surface area contributed by atoms with Crippen LogP contribution in [0.5, 0.6) is 0 Å². The minimum Gasteiger partial charge on any atom is -0.356 e. The third-order valence-electron chi connectivity index (χ3n) is 6.62. The number of nitrogens with one attached hydrogen (secondary N) is 1. The van der Waals surface area contributed by atoms with Crippen molar-refractivity contribution in [2.45, 2.75) is 13.8 Å². The van der Waals surface area contributed by atoms with E-state index >= 15 is 0 Å². The predicted octanol–water partition coefficient (Wildman–Crippen LogP) is 3.33. The number of aromatic nitrogens is 5. The normalized spacial score (nSPS) is 14.1. The standard InChI is InChI=1S/C27H31N9O/c1-4-35(5-2)26-18-28-17-23(32-26)21-7-6-20-16-30-24(15-22(20)31-21)33-27(37)19-8-9-29-25(14-19)36-12-10-34(3)11-13-36/h6-9,14-18H,4-5,10-13H2,1-3H3,(H,30,33,37). The van der Waals surface area contributed by atoms with Crippen molar-refractivity contribution in [2.75, 3.05) is 61.4 Å². The van der Waals surface area contributed by atoms with E-state index in [0.29, 0.717) is 28.3 Å². The lowest BCUT2D eigenvalue weighted by Crippen LogP contribution is -2.44. The Balaban J connectivity index is 1.36. The van der Waals surface area contributed by atoms with Crippen LogP contribution in [0.25, 0.3) is 22.3 Å². The highest BCUT2D eigenvalue weighted by Crippen LogP contribution is 2.23. The Morgan fingerprint density at radius 3 is 2.54 bits per heavy atom. The van der Waals surface area contributed by atoms with Gasteiger partial charge in [0.2, 0.25) is 0 Å². The van der Waals surface area contributed by atoms with Gasteiger partial charge in [-0.15, -0.1) is 0 Å². The van der Waals surface area contributed by atoms with Crippen LogP contribution in [0.1, 0.15) is 24.2 Å². The zero-order valence-electron chi connectivity index (χ0n) is 21.4. The monoisotopic (exact) mass is 497 g/mol. The van der Waals surface area contributed by atoms with Crippen LogP contribution in [0, 0.1) is 0 Å². The molecule has 5 rings (SSSR count). The van der Waals surface area contributed by atoms with Crippen molar-refractivity contribution in [3.05, 3.63) is 60.7 Å². The molecule has 1 N–H and O–H groups in total. The first-order chi connectivity index (χ1) is 18.0. The zero-order valence-corrected chi connectivity index (χ0v) is 21.4. The average Bonchev–Trinajstić information content (AvgIpc) is 2.94. The summed E-state index contributed by atoms with van der Waals surface area (Å²) in [5.74, 6) is 1.83. The summed E-state index contributed by atoms with van der Waals surface area (Å²) in [6.07, 6.45) is 6.87. The van der Waals surface area contributed by atoms with Crippen LogP contribution in [0.2, 0.25) is 0 Å². The van der Waals surface area contributed by atoms with Crippen molar-refractivity contribution in [2.24, 2.45) is 0 Å². The van der Waals surface area contributed by atoms with Crippen molar-refractivity contribution in [3.8, 4) is 11.4 Å². The lowest BCUT2D eigenvalue weighted by molar-refractivity contribution is 0.102. The number of piperazine rings is 1. The molecule has 10 nitrogen and oxygen atoms in total. The molecule has 0 saturated carbocycles. The van der Waals surface area contributed by atoms with Crippen LogP contribution in [0.4, 0.5) is 17.5 Å². The summed E-state index contributed by atoms with van der Waals surface area (Å²) in [6.45, 7) is 9.60. The molecule has 0 atom stereocenters. The molecule has 1 saturated heterocycles. The van der Waals surface area contributed by atoms with E-state index in [1.807, 2.05) is 18.2 Å². The quantitative estimate of drug-likeness (QED) is 0.412. The highest BCUT2D eigenvalue weighted by Gasteiger charge is 2.17. The third-order valence-corrected chi connectivity index (χ3v) is 6.62. The lowest BCUT2D eigenvalue weighted by atomic mass is 10.2. The Morgan fingerprint density at radius 2 is 1.76 bits per heavy atom. The van der Waals surface area contributed by atoms with E-state index in [1.54, 1.807) is 36.9 Å². The lowest BCUT2D eigenvalue weighted by Gasteiger charge is -2.33. The van der Waals surface area contributed by atoms with Crippen molar-refractivity contribution < 1.29 is 4.79 Å². The molecule has 10 heteroatoms. The highest BCUT2D eigenvalue weighted by atomic mass is 16.1. The molecule has 4 aromatic rings. The Bertz CT molecular complexity index is 1400.